The third kappa shape index (κ3) is 2.41. The zero-order valence-electron chi connectivity index (χ0n) is 11.4. The smallest absolute Gasteiger partial charge is 0.278 e. The maximum absolute atomic E-state index is 11.9. The Labute approximate surface area is 140 Å². The number of nitrogen functional groups attached to an aromatic ring is 1. The van der Waals surface area contributed by atoms with Gasteiger partial charge in [0.05, 0.1) is 6.61 Å². The zero-order valence-corrected chi connectivity index (χ0v) is 14.0. The summed E-state index contributed by atoms with van der Waals surface area (Å²) in [5, 5.41) is 10.5. The number of aliphatic hydroxyl groups is 1. The van der Waals surface area contributed by atoms with Crippen LogP contribution in [0.5, 0.6) is 0 Å². The van der Waals surface area contributed by atoms with E-state index in [0.29, 0.717) is 0 Å². The number of H-pyrrole nitrogens is 2. The molecule has 5 atom stereocenters. The summed E-state index contributed by atoms with van der Waals surface area (Å²) in [5.41, 5.74) is 5.49. The molecule has 0 radical (unpaired) electrons. The van der Waals surface area contributed by atoms with E-state index in [0.717, 1.165) is 0 Å². The minimum atomic E-state index is -1.36. The van der Waals surface area contributed by atoms with Crippen molar-refractivity contribution in [3.05, 3.63) is 15.1 Å². The molecule has 0 aromatic carbocycles. The highest BCUT2D eigenvalue weighted by atomic mass is 32.7. The first-order valence-corrected chi connectivity index (χ1v) is 9.32. The molecule has 5 N–H and O–H groups in total. The average molecular weight is 377 g/mol. The van der Waals surface area contributed by atoms with Crippen LogP contribution in [0, 0.1) is 4.77 Å². The molecule has 10 nitrogen and oxygen atoms in total. The lowest BCUT2D eigenvalue weighted by atomic mass is 10.1. The Kier molecular flexibility index (Phi) is 3.72. The van der Waals surface area contributed by atoms with Gasteiger partial charge in [-0.2, -0.15) is 4.98 Å². The summed E-state index contributed by atoms with van der Waals surface area (Å²) in [7, 11) is -1.36. The molecule has 124 valence electrons. The highest BCUT2D eigenvalue weighted by Crippen LogP contribution is 2.52. The number of aromatic nitrogens is 4. The van der Waals surface area contributed by atoms with Gasteiger partial charge in [-0.15, -0.1) is 0 Å². The second kappa shape index (κ2) is 5.52. The minimum absolute atomic E-state index is 0.0615. The van der Waals surface area contributed by atoms with Crippen molar-refractivity contribution in [1.82, 2.24) is 19.5 Å². The van der Waals surface area contributed by atoms with Gasteiger partial charge in [0.15, 0.2) is 22.2 Å². The van der Waals surface area contributed by atoms with Gasteiger partial charge in [-0.05, 0) is 12.2 Å². The molecule has 2 saturated heterocycles. The fraction of sp³-hybridized carbons (Fsp3) is 0.500. The molecular weight excluding hydrogens is 365 g/mol. The number of rotatable bonds is 1. The van der Waals surface area contributed by atoms with E-state index in [2.05, 4.69) is 27.2 Å². The normalized spacial score (nSPS) is 33.9. The summed E-state index contributed by atoms with van der Waals surface area (Å²) in [6.07, 6.45) is -2.96. The van der Waals surface area contributed by atoms with Gasteiger partial charge in [-0.1, -0.05) is 12.2 Å². The average Bonchev–Trinajstić information content (AvgIpc) is 2.97. The van der Waals surface area contributed by atoms with Crippen molar-refractivity contribution in [2.24, 2.45) is 0 Å². The molecule has 0 spiro atoms. The van der Waals surface area contributed by atoms with Gasteiger partial charge in [0.25, 0.3) is 5.56 Å². The third-order valence-corrected chi connectivity index (χ3v) is 5.44. The number of nitrogens with one attached hydrogen (secondary N) is 2. The van der Waals surface area contributed by atoms with Crippen LogP contribution in [0.2, 0.25) is 0 Å². The second-order valence-corrected chi connectivity index (χ2v) is 7.42. The maximum Gasteiger partial charge on any atom is 0.278 e. The van der Waals surface area contributed by atoms with E-state index >= 15 is 0 Å². The van der Waals surface area contributed by atoms with E-state index in [-0.39, 0.29) is 28.5 Å². The fourth-order valence-electron chi connectivity index (χ4n) is 2.73. The lowest BCUT2D eigenvalue weighted by molar-refractivity contribution is -0.0530. The summed E-state index contributed by atoms with van der Waals surface area (Å²) in [6.45, 7) is 0.249. The minimum Gasteiger partial charge on any atom is -0.386 e. The molecule has 0 bridgehead atoms. The first-order valence-electron chi connectivity index (χ1n) is 6.58. The SMILES string of the molecule is Nc1nc2c([nH]c(=S)n2[C@@H]2OC3CO[P@@](S)O[C@H]3C2O)c(=O)[nH]1. The van der Waals surface area contributed by atoms with Gasteiger partial charge >= 0.3 is 0 Å². The molecule has 2 aromatic rings. The van der Waals surface area contributed by atoms with Crippen molar-refractivity contribution in [2.75, 3.05) is 12.3 Å². The number of nitrogens with zero attached hydrogens (tertiary/aromatic N) is 2. The summed E-state index contributed by atoms with van der Waals surface area (Å²) in [5.74, 6) is -0.0615. The standard InChI is InChI=1S/C10H12N5O5PS2/c11-9-13-6-3(7(17)14-9)12-10(22)15(6)8-4(16)5-2(19-8)1-18-21(23)20-5/h2,4-5,8,16,23H,1H2,(H,12,22)(H3,11,13,14,17)/t2?,4?,5-,8-,21-/m1/s1. The number of fused-ring (bicyclic) bond motifs is 2. The van der Waals surface area contributed by atoms with Gasteiger partial charge < -0.3 is 29.6 Å². The van der Waals surface area contributed by atoms with E-state index in [1.807, 2.05) is 0 Å². The van der Waals surface area contributed by atoms with Crippen molar-refractivity contribution in [1.29, 1.82) is 0 Å². The fourth-order valence-corrected chi connectivity index (χ4v) is 4.36. The molecular formula is C10H12N5O5PS2. The van der Waals surface area contributed by atoms with Crippen LogP contribution >= 0.6 is 32.0 Å². The second-order valence-electron chi connectivity index (χ2n) is 5.11. The number of aliphatic hydroxyl groups excluding tert-OH is 1. The van der Waals surface area contributed by atoms with E-state index in [4.69, 9.17) is 31.7 Å². The third-order valence-electron chi connectivity index (χ3n) is 3.72. The molecule has 0 amide bonds. The molecule has 2 aliphatic rings. The first-order chi connectivity index (χ1) is 11.0. The number of anilines is 1. The number of hydrogen-bond donors (Lipinski definition) is 5. The number of nitrogens with two attached hydrogens (primary N) is 1. The van der Waals surface area contributed by atoms with Gasteiger partial charge in [0.1, 0.15) is 18.3 Å². The molecule has 23 heavy (non-hydrogen) atoms. The van der Waals surface area contributed by atoms with Crippen molar-refractivity contribution in [3.8, 4) is 0 Å². The number of hydrogen-bond acceptors (Lipinski definition) is 9. The number of thiol groups is 1. The van der Waals surface area contributed by atoms with E-state index < -0.39 is 37.7 Å². The van der Waals surface area contributed by atoms with Crippen molar-refractivity contribution >= 4 is 49.2 Å². The van der Waals surface area contributed by atoms with Crippen molar-refractivity contribution in [2.45, 2.75) is 24.5 Å². The van der Waals surface area contributed by atoms with Gasteiger partial charge in [0.2, 0.25) is 13.5 Å². The van der Waals surface area contributed by atoms with Gasteiger partial charge in [-0.3, -0.25) is 14.3 Å². The van der Waals surface area contributed by atoms with Crippen LogP contribution in [0.25, 0.3) is 11.2 Å². The topological polar surface area (TPSA) is 140 Å². The number of imidazole rings is 1. The molecule has 4 rings (SSSR count). The summed E-state index contributed by atoms with van der Waals surface area (Å²) < 4.78 is 18.2. The Morgan fingerprint density at radius 1 is 1.52 bits per heavy atom. The van der Waals surface area contributed by atoms with Crippen LogP contribution in [0.3, 0.4) is 0 Å². The van der Waals surface area contributed by atoms with Gasteiger partial charge in [-0.25, -0.2) is 0 Å². The Balaban J connectivity index is 1.82. The van der Waals surface area contributed by atoms with Crippen LogP contribution in [-0.2, 0) is 13.8 Å². The summed E-state index contributed by atoms with van der Waals surface area (Å²) in [4.78, 5) is 21.1. The lowest BCUT2D eigenvalue weighted by Gasteiger charge is -2.28. The van der Waals surface area contributed by atoms with Crippen LogP contribution in [0.1, 0.15) is 6.23 Å². The quantitative estimate of drug-likeness (QED) is 0.270. The number of aromatic amines is 2. The monoisotopic (exact) mass is 377 g/mol. The first kappa shape index (κ1) is 15.5. The summed E-state index contributed by atoms with van der Waals surface area (Å²) in [6, 6.07) is 0. The Hall–Kier alpha value is -1.01. The Morgan fingerprint density at radius 2 is 2.30 bits per heavy atom. The van der Waals surface area contributed by atoms with Crippen LogP contribution in [0.15, 0.2) is 4.79 Å². The molecule has 4 heterocycles. The zero-order chi connectivity index (χ0) is 16.3. The summed E-state index contributed by atoms with van der Waals surface area (Å²) >= 11 is 9.37. The predicted molar refractivity (Wildman–Crippen MR) is 86.6 cm³/mol. The Morgan fingerprint density at radius 3 is 3.09 bits per heavy atom. The lowest BCUT2D eigenvalue weighted by Crippen LogP contribution is -2.37. The highest BCUT2D eigenvalue weighted by molar-refractivity contribution is 8.41. The molecule has 2 unspecified atom stereocenters. The van der Waals surface area contributed by atoms with Crippen LogP contribution in [-0.4, -0.2) is 49.5 Å². The van der Waals surface area contributed by atoms with Crippen LogP contribution < -0.4 is 11.3 Å². The largest absolute Gasteiger partial charge is 0.386 e. The van der Waals surface area contributed by atoms with Crippen molar-refractivity contribution in [3.63, 3.8) is 0 Å². The van der Waals surface area contributed by atoms with E-state index in [9.17, 15) is 9.90 Å². The highest BCUT2D eigenvalue weighted by Gasteiger charge is 2.49. The molecule has 13 heteroatoms. The number of ether oxygens (including phenoxy) is 1. The Bertz CT molecular complexity index is 883. The predicted octanol–water partition coefficient (Wildman–Crippen LogP) is 0.195. The molecule has 0 saturated carbocycles. The molecule has 0 aliphatic carbocycles. The van der Waals surface area contributed by atoms with Crippen molar-refractivity contribution < 1.29 is 18.9 Å². The van der Waals surface area contributed by atoms with Gasteiger partial charge in [0, 0.05) is 0 Å². The molecule has 2 aliphatic heterocycles. The van der Waals surface area contributed by atoms with E-state index in [1.165, 1.54) is 4.57 Å². The molecule has 2 fully saturated rings. The maximum atomic E-state index is 11.9. The van der Waals surface area contributed by atoms with E-state index in [1.54, 1.807) is 0 Å². The molecule has 2 aromatic heterocycles. The van der Waals surface area contributed by atoms with Crippen LogP contribution in [0.4, 0.5) is 5.95 Å².